The molecule has 1 spiro atoms. The molecular formula is C28H40O5. The van der Waals surface area contributed by atoms with Gasteiger partial charge in [-0.25, -0.2) is 0 Å². The van der Waals surface area contributed by atoms with Crippen molar-refractivity contribution in [2.24, 2.45) is 45.8 Å². The molecule has 5 heteroatoms. The first-order chi connectivity index (χ1) is 15.5. The van der Waals surface area contributed by atoms with E-state index < -0.39 is 29.0 Å². The Kier molecular flexibility index (Phi) is 5.31. The van der Waals surface area contributed by atoms with Crippen LogP contribution in [0.2, 0.25) is 0 Å². The Bertz CT molecular complexity index is 923. The number of hydrogen-bond acceptors (Lipinski definition) is 5. The van der Waals surface area contributed by atoms with Gasteiger partial charge in [-0.05, 0) is 67.4 Å². The molecule has 0 heterocycles. The summed E-state index contributed by atoms with van der Waals surface area (Å²) in [6, 6.07) is 0. The zero-order valence-electron chi connectivity index (χ0n) is 20.8. The van der Waals surface area contributed by atoms with Crippen LogP contribution in [-0.4, -0.2) is 40.8 Å². The standard InChI is InChI=1S/C28H40O5/c1-15-13-28-16(2)11-19-20(26(19,3)4)18(24(28)31)12-17(14-29)22(30)21(28)23(15)33-25(32)27(5)9-7-6-8-10-27/h12-13,16,18-23,29-30H,6-11,14H2,1-5H3/t16-,18+,19-,20-,21-,22-,23+,28?/m1/s1. The van der Waals surface area contributed by atoms with Crippen LogP contribution < -0.4 is 0 Å². The Morgan fingerprint density at radius 1 is 1.15 bits per heavy atom. The van der Waals surface area contributed by atoms with E-state index >= 15 is 0 Å². The number of fused-ring (bicyclic) bond motifs is 3. The van der Waals surface area contributed by atoms with Crippen molar-refractivity contribution in [1.29, 1.82) is 0 Å². The lowest BCUT2D eigenvalue weighted by atomic mass is 9.61. The minimum absolute atomic E-state index is 0.0271. The second kappa shape index (κ2) is 7.52. The lowest BCUT2D eigenvalue weighted by Crippen LogP contribution is -2.51. The van der Waals surface area contributed by atoms with E-state index in [1.807, 2.05) is 26.0 Å². The van der Waals surface area contributed by atoms with E-state index in [-0.39, 0.29) is 41.5 Å². The topological polar surface area (TPSA) is 83.8 Å². The van der Waals surface area contributed by atoms with Crippen LogP contribution in [0.15, 0.2) is 23.3 Å². The highest BCUT2D eigenvalue weighted by molar-refractivity contribution is 5.94. The lowest BCUT2D eigenvalue weighted by Gasteiger charge is -2.43. The van der Waals surface area contributed by atoms with Crippen LogP contribution in [0.5, 0.6) is 0 Å². The molecule has 182 valence electrons. The summed E-state index contributed by atoms with van der Waals surface area (Å²) in [6.45, 7) is 10.2. The van der Waals surface area contributed by atoms with Gasteiger partial charge in [0.15, 0.2) is 5.78 Å². The van der Waals surface area contributed by atoms with Gasteiger partial charge in [0.05, 0.1) is 23.5 Å². The fourth-order valence-electron chi connectivity index (χ4n) is 8.29. The van der Waals surface area contributed by atoms with Crippen LogP contribution in [0.3, 0.4) is 0 Å². The summed E-state index contributed by atoms with van der Waals surface area (Å²) in [7, 11) is 0. The molecule has 3 fully saturated rings. The fraction of sp³-hybridized carbons (Fsp3) is 0.786. The molecule has 2 bridgehead atoms. The number of hydrogen-bond donors (Lipinski definition) is 2. The highest BCUT2D eigenvalue weighted by Gasteiger charge is 2.71. The Morgan fingerprint density at radius 2 is 1.82 bits per heavy atom. The first kappa shape index (κ1) is 23.3. The SMILES string of the molecule is CC1=CC23C(=O)[C@@H](C=C(CO)[C@@H](O)[C@@H]2[C@H]1OC(=O)C1(C)CCCCC1)[C@@H]1[C@@H](C[C@H]3C)C1(C)C. The third kappa shape index (κ3) is 3.10. The van der Waals surface area contributed by atoms with Crippen LogP contribution in [0.25, 0.3) is 0 Å². The van der Waals surface area contributed by atoms with E-state index in [1.165, 1.54) is 0 Å². The Labute approximate surface area is 197 Å². The number of aliphatic hydroxyl groups excluding tert-OH is 2. The first-order valence-corrected chi connectivity index (χ1v) is 12.9. The lowest BCUT2D eigenvalue weighted by molar-refractivity contribution is -0.169. The average Bonchev–Trinajstić information content (AvgIpc) is 3.21. The second-order valence-electron chi connectivity index (χ2n) is 12.6. The van der Waals surface area contributed by atoms with Crippen LogP contribution in [-0.2, 0) is 14.3 Å². The molecule has 5 aliphatic rings. The van der Waals surface area contributed by atoms with Crippen molar-refractivity contribution in [3.05, 3.63) is 23.3 Å². The smallest absolute Gasteiger partial charge is 0.312 e. The summed E-state index contributed by atoms with van der Waals surface area (Å²) < 4.78 is 6.23. The van der Waals surface area contributed by atoms with E-state index in [0.717, 1.165) is 44.1 Å². The highest BCUT2D eigenvalue weighted by atomic mass is 16.5. The van der Waals surface area contributed by atoms with E-state index in [4.69, 9.17) is 4.74 Å². The van der Waals surface area contributed by atoms with Gasteiger partial charge in [-0.1, -0.05) is 52.2 Å². The van der Waals surface area contributed by atoms with Crippen molar-refractivity contribution in [1.82, 2.24) is 0 Å². The van der Waals surface area contributed by atoms with Crippen LogP contribution in [0.1, 0.15) is 73.1 Å². The molecule has 0 amide bonds. The van der Waals surface area contributed by atoms with Crippen molar-refractivity contribution in [2.75, 3.05) is 6.61 Å². The normalized spacial score (nSPS) is 45.1. The van der Waals surface area contributed by atoms with Crippen molar-refractivity contribution in [3.63, 3.8) is 0 Å². The van der Waals surface area contributed by atoms with Gasteiger partial charge in [-0.15, -0.1) is 0 Å². The largest absolute Gasteiger partial charge is 0.457 e. The molecule has 0 radical (unpaired) electrons. The summed E-state index contributed by atoms with van der Waals surface area (Å²) in [5.74, 6) is -0.259. The van der Waals surface area contributed by atoms with Gasteiger partial charge in [0, 0.05) is 11.8 Å². The quantitative estimate of drug-likeness (QED) is 0.491. The molecule has 0 saturated heterocycles. The molecule has 5 rings (SSSR count). The molecule has 0 aromatic rings. The van der Waals surface area contributed by atoms with Gasteiger partial charge in [0.1, 0.15) is 6.10 Å². The van der Waals surface area contributed by atoms with E-state index in [1.54, 1.807) is 0 Å². The maximum absolute atomic E-state index is 14.3. The summed E-state index contributed by atoms with van der Waals surface area (Å²) in [6.07, 6.45) is 7.98. The number of allylic oxidation sites excluding steroid dienone is 2. The Hall–Kier alpha value is -1.46. The molecule has 5 aliphatic carbocycles. The molecule has 0 aromatic heterocycles. The van der Waals surface area contributed by atoms with Crippen LogP contribution in [0.4, 0.5) is 0 Å². The molecule has 33 heavy (non-hydrogen) atoms. The molecular weight excluding hydrogens is 416 g/mol. The van der Waals surface area contributed by atoms with Gasteiger partial charge in [0.25, 0.3) is 0 Å². The number of rotatable bonds is 3. The number of carbonyl (C=O) groups excluding carboxylic acids is 2. The molecule has 5 nitrogen and oxygen atoms in total. The van der Waals surface area contributed by atoms with Gasteiger partial charge in [-0.2, -0.15) is 0 Å². The molecule has 3 saturated carbocycles. The Balaban J connectivity index is 1.56. The van der Waals surface area contributed by atoms with Gasteiger partial charge in [0.2, 0.25) is 0 Å². The zero-order valence-corrected chi connectivity index (χ0v) is 20.8. The number of ether oxygens (including phenoxy) is 1. The summed E-state index contributed by atoms with van der Waals surface area (Å²) in [5.41, 5.74) is 0.0661. The Morgan fingerprint density at radius 3 is 2.45 bits per heavy atom. The molecule has 8 atom stereocenters. The van der Waals surface area contributed by atoms with Crippen molar-refractivity contribution in [3.8, 4) is 0 Å². The van der Waals surface area contributed by atoms with Crippen LogP contribution in [0, 0.1) is 45.8 Å². The third-order valence-electron chi connectivity index (χ3n) is 10.5. The van der Waals surface area contributed by atoms with Crippen molar-refractivity contribution >= 4 is 11.8 Å². The molecule has 2 N–H and O–H groups in total. The van der Waals surface area contributed by atoms with Gasteiger partial charge < -0.3 is 14.9 Å². The zero-order chi connectivity index (χ0) is 23.9. The van der Waals surface area contributed by atoms with Crippen molar-refractivity contribution < 1.29 is 24.5 Å². The summed E-state index contributed by atoms with van der Waals surface area (Å²) in [4.78, 5) is 27.7. The van der Waals surface area contributed by atoms with Crippen LogP contribution >= 0.6 is 0 Å². The number of Topliss-reactive ketones (excluding diaryl/α,β-unsaturated/α-hetero) is 1. The van der Waals surface area contributed by atoms with E-state index in [2.05, 4.69) is 20.8 Å². The molecule has 0 aliphatic heterocycles. The monoisotopic (exact) mass is 456 g/mol. The fourth-order valence-corrected chi connectivity index (χ4v) is 8.29. The maximum atomic E-state index is 14.3. The predicted molar refractivity (Wildman–Crippen MR) is 125 cm³/mol. The predicted octanol–water partition coefficient (Wildman–Crippen LogP) is 4.22. The first-order valence-electron chi connectivity index (χ1n) is 12.9. The average molecular weight is 457 g/mol. The molecule has 0 aromatic carbocycles. The van der Waals surface area contributed by atoms with E-state index in [9.17, 15) is 19.8 Å². The molecule has 1 unspecified atom stereocenters. The second-order valence-corrected chi connectivity index (χ2v) is 12.6. The maximum Gasteiger partial charge on any atom is 0.312 e. The minimum atomic E-state index is -1.02. The summed E-state index contributed by atoms with van der Waals surface area (Å²) in [5, 5.41) is 21.8. The number of esters is 1. The van der Waals surface area contributed by atoms with Gasteiger partial charge in [-0.3, -0.25) is 9.59 Å². The minimum Gasteiger partial charge on any atom is -0.457 e. The van der Waals surface area contributed by atoms with E-state index in [0.29, 0.717) is 11.5 Å². The number of carbonyl (C=O) groups is 2. The third-order valence-corrected chi connectivity index (χ3v) is 10.5. The number of ketones is 1. The van der Waals surface area contributed by atoms with Gasteiger partial charge >= 0.3 is 5.97 Å². The highest BCUT2D eigenvalue weighted by Crippen LogP contribution is 2.71. The number of aliphatic hydroxyl groups is 2. The summed E-state index contributed by atoms with van der Waals surface area (Å²) >= 11 is 0. The van der Waals surface area contributed by atoms with Crippen molar-refractivity contribution in [2.45, 2.75) is 85.4 Å².